The second-order valence-electron chi connectivity index (χ2n) is 5.29. The fourth-order valence-electron chi connectivity index (χ4n) is 3.81. The maximum absolute atomic E-state index is 12.1. The maximum Gasteiger partial charge on any atom is 0.165 e. The van der Waals surface area contributed by atoms with Gasteiger partial charge in [0, 0.05) is 23.6 Å². The molecule has 1 heterocycles. The minimum atomic E-state index is 0.200. The van der Waals surface area contributed by atoms with Crippen LogP contribution in [0.4, 0.5) is 0 Å². The van der Waals surface area contributed by atoms with E-state index in [2.05, 4.69) is 4.98 Å². The van der Waals surface area contributed by atoms with Crippen molar-refractivity contribution in [1.29, 1.82) is 0 Å². The molecule has 0 amide bonds. The van der Waals surface area contributed by atoms with Crippen LogP contribution in [0.2, 0.25) is 0 Å². The SMILES string of the molecule is O=C1CC23CCCC(=C2c2ncccc21)C3. The number of aromatic nitrogens is 1. The van der Waals surface area contributed by atoms with Gasteiger partial charge in [0.1, 0.15) is 0 Å². The molecule has 0 aromatic carbocycles. The smallest absolute Gasteiger partial charge is 0.165 e. The molecule has 80 valence electrons. The van der Waals surface area contributed by atoms with Crippen molar-refractivity contribution in [3.8, 4) is 0 Å². The van der Waals surface area contributed by atoms with Crippen LogP contribution in [0.5, 0.6) is 0 Å². The highest BCUT2D eigenvalue weighted by Crippen LogP contribution is 2.64. The van der Waals surface area contributed by atoms with Crippen molar-refractivity contribution in [3.63, 3.8) is 0 Å². The number of hydrogen-bond acceptors (Lipinski definition) is 2. The van der Waals surface area contributed by atoms with E-state index in [4.69, 9.17) is 0 Å². The highest BCUT2D eigenvalue weighted by molar-refractivity contribution is 6.06. The van der Waals surface area contributed by atoms with Crippen LogP contribution in [0.1, 0.15) is 48.2 Å². The van der Waals surface area contributed by atoms with E-state index >= 15 is 0 Å². The Morgan fingerprint density at radius 1 is 1.31 bits per heavy atom. The minimum absolute atomic E-state index is 0.200. The Morgan fingerprint density at radius 2 is 2.25 bits per heavy atom. The molecule has 0 fully saturated rings. The number of pyridine rings is 1. The summed E-state index contributed by atoms with van der Waals surface area (Å²) in [6.07, 6.45) is 7.37. The van der Waals surface area contributed by atoms with Crippen LogP contribution < -0.4 is 0 Å². The monoisotopic (exact) mass is 211 g/mol. The Morgan fingerprint density at radius 3 is 3.12 bits per heavy atom. The molecule has 16 heavy (non-hydrogen) atoms. The quantitative estimate of drug-likeness (QED) is 0.660. The molecule has 1 aromatic rings. The molecule has 2 nitrogen and oxygen atoms in total. The number of ketones is 1. The number of Topliss-reactive ketones (excluding diaryl/α,β-unsaturated/α-hetero) is 1. The summed E-state index contributed by atoms with van der Waals surface area (Å²) >= 11 is 0. The van der Waals surface area contributed by atoms with Crippen molar-refractivity contribution < 1.29 is 4.79 Å². The van der Waals surface area contributed by atoms with Crippen LogP contribution in [0.15, 0.2) is 23.9 Å². The lowest BCUT2D eigenvalue weighted by Gasteiger charge is -2.52. The summed E-state index contributed by atoms with van der Waals surface area (Å²) in [5.74, 6) is 0.299. The van der Waals surface area contributed by atoms with E-state index < -0.39 is 0 Å². The normalized spacial score (nSPS) is 30.6. The first-order valence-electron chi connectivity index (χ1n) is 6.01. The van der Waals surface area contributed by atoms with Gasteiger partial charge in [-0.1, -0.05) is 5.57 Å². The Hall–Kier alpha value is -1.44. The van der Waals surface area contributed by atoms with Crippen molar-refractivity contribution in [1.82, 2.24) is 4.98 Å². The third-order valence-corrected chi connectivity index (χ3v) is 4.41. The lowest BCUT2D eigenvalue weighted by Crippen LogP contribution is -2.42. The second kappa shape index (κ2) is 2.62. The van der Waals surface area contributed by atoms with Gasteiger partial charge in [0.05, 0.1) is 5.69 Å². The summed E-state index contributed by atoms with van der Waals surface area (Å²) in [6, 6.07) is 3.80. The third kappa shape index (κ3) is 0.845. The summed E-state index contributed by atoms with van der Waals surface area (Å²) in [7, 11) is 0. The van der Waals surface area contributed by atoms with Gasteiger partial charge < -0.3 is 0 Å². The van der Waals surface area contributed by atoms with Crippen molar-refractivity contribution in [2.45, 2.75) is 32.1 Å². The van der Waals surface area contributed by atoms with Crippen LogP contribution in [0.3, 0.4) is 0 Å². The summed E-state index contributed by atoms with van der Waals surface area (Å²) in [6.45, 7) is 0. The average Bonchev–Trinajstić information content (AvgIpc) is 2.29. The van der Waals surface area contributed by atoms with Gasteiger partial charge in [-0.25, -0.2) is 0 Å². The van der Waals surface area contributed by atoms with Gasteiger partial charge in [0.25, 0.3) is 0 Å². The van der Waals surface area contributed by atoms with E-state index in [1.165, 1.54) is 24.8 Å². The van der Waals surface area contributed by atoms with Crippen LogP contribution >= 0.6 is 0 Å². The predicted octanol–water partition coefficient (Wildman–Crippen LogP) is 3.00. The fraction of sp³-hybridized carbons (Fsp3) is 0.429. The fourth-order valence-corrected chi connectivity index (χ4v) is 3.81. The number of carbonyl (C=O) groups is 1. The van der Waals surface area contributed by atoms with E-state index in [0.717, 1.165) is 24.1 Å². The maximum atomic E-state index is 12.1. The lowest BCUT2D eigenvalue weighted by atomic mass is 9.51. The Balaban J connectivity index is 2.02. The second-order valence-corrected chi connectivity index (χ2v) is 5.29. The zero-order valence-electron chi connectivity index (χ0n) is 9.12. The number of rotatable bonds is 0. The molecular formula is C14H13NO. The lowest BCUT2D eigenvalue weighted by molar-refractivity contribution is 0.0900. The van der Waals surface area contributed by atoms with Crippen LogP contribution in [-0.2, 0) is 0 Å². The van der Waals surface area contributed by atoms with Gasteiger partial charge >= 0.3 is 0 Å². The number of carbonyl (C=O) groups excluding carboxylic acids is 1. The van der Waals surface area contributed by atoms with E-state index in [-0.39, 0.29) is 5.41 Å². The van der Waals surface area contributed by atoms with E-state index in [1.54, 1.807) is 5.57 Å². The van der Waals surface area contributed by atoms with Crippen LogP contribution in [0, 0.1) is 5.41 Å². The Kier molecular flexibility index (Phi) is 1.42. The standard InChI is InChI=1S/C14H13NO/c16-11-8-14-5-1-3-9(7-14)12(14)13-10(11)4-2-6-15-13/h2,4,6H,1,3,5,7-8H2. The first-order chi connectivity index (χ1) is 7.80. The molecule has 0 radical (unpaired) electrons. The van der Waals surface area contributed by atoms with Crippen molar-refractivity contribution in [3.05, 3.63) is 35.2 Å². The first-order valence-corrected chi connectivity index (χ1v) is 6.01. The summed E-state index contributed by atoms with van der Waals surface area (Å²) in [5, 5.41) is 0. The molecule has 2 heteroatoms. The largest absolute Gasteiger partial charge is 0.294 e. The molecule has 0 spiro atoms. The highest BCUT2D eigenvalue weighted by atomic mass is 16.1. The Labute approximate surface area is 94.4 Å². The van der Waals surface area contributed by atoms with E-state index in [9.17, 15) is 4.79 Å². The zero-order valence-corrected chi connectivity index (χ0v) is 9.12. The summed E-state index contributed by atoms with van der Waals surface area (Å²) in [5.41, 5.74) is 5.06. The first kappa shape index (κ1) is 8.68. The van der Waals surface area contributed by atoms with E-state index in [1.807, 2.05) is 18.3 Å². The van der Waals surface area contributed by atoms with Gasteiger partial charge in [-0.3, -0.25) is 9.78 Å². The molecule has 0 N–H and O–H groups in total. The number of allylic oxidation sites excluding steroid dienone is 2. The van der Waals surface area contributed by atoms with Gasteiger partial charge in [-0.05, 0) is 43.4 Å². The summed E-state index contributed by atoms with van der Waals surface area (Å²) in [4.78, 5) is 16.6. The molecule has 3 aliphatic carbocycles. The van der Waals surface area contributed by atoms with Crippen LogP contribution in [-0.4, -0.2) is 10.8 Å². The summed E-state index contributed by atoms with van der Waals surface area (Å²) < 4.78 is 0. The average molecular weight is 211 g/mol. The molecule has 0 saturated heterocycles. The van der Waals surface area contributed by atoms with Crippen molar-refractivity contribution in [2.24, 2.45) is 5.41 Å². The van der Waals surface area contributed by atoms with Gasteiger partial charge in [-0.2, -0.15) is 0 Å². The van der Waals surface area contributed by atoms with E-state index in [0.29, 0.717) is 5.78 Å². The van der Waals surface area contributed by atoms with Gasteiger partial charge in [0.2, 0.25) is 0 Å². The number of fused-ring (bicyclic) bond motifs is 1. The van der Waals surface area contributed by atoms with Crippen LogP contribution in [0.25, 0.3) is 5.57 Å². The topological polar surface area (TPSA) is 30.0 Å². The number of nitrogens with zero attached hydrogens (tertiary/aromatic N) is 1. The molecule has 3 aliphatic rings. The van der Waals surface area contributed by atoms with Gasteiger partial charge in [0.15, 0.2) is 5.78 Å². The number of hydrogen-bond donors (Lipinski definition) is 0. The van der Waals surface area contributed by atoms with Crippen molar-refractivity contribution >= 4 is 11.4 Å². The van der Waals surface area contributed by atoms with Crippen molar-refractivity contribution in [2.75, 3.05) is 0 Å². The molecule has 1 unspecified atom stereocenters. The van der Waals surface area contributed by atoms with Gasteiger partial charge in [-0.15, -0.1) is 0 Å². The third-order valence-electron chi connectivity index (χ3n) is 4.41. The highest BCUT2D eigenvalue weighted by Gasteiger charge is 2.52. The Bertz CT molecular complexity index is 543. The predicted molar refractivity (Wildman–Crippen MR) is 61.0 cm³/mol. The minimum Gasteiger partial charge on any atom is -0.294 e. The molecule has 0 saturated carbocycles. The molecule has 4 rings (SSSR count). The molecule has 2 bridgehead atoms. The molecule has 1 atom stereocenters. The molecule has 1 aromatic heterocycles. The molecule has 0 aliphatic heterocycles. The molecular weight excluding hydrogens is 198 g/mol. The zero-order chi connectivity index (χ0) is 10.8.